The molecule has 0 aromatic heterocycles. The van der Waals surface area contributed by atoms with Crippen LogP contribution in [-0.2, 0) is 33.2 Å². The number of fused-ring (bicyclic) bond motifs is 7. The molecule has 0 aromatic rings. The summed E-state index contributed by atoms with van der Waals surface area (Å²) in [5.74, 6) is 1.45. The third kappa shape index (κ3) is 7.68. The number of hydrogen-bond donors (Lipinski definition) is 12. The van der Waals surface area contributed by atoms with Gasteiger partial charge < -0.3 is 89.3 Å². The van der Waals surface area contributed by atoms with Crippen LogP contribution in [0.15, 0.2) is 11.6 Å². The van der Waals surface area contributed by atoms with E-state index >= 15 is 0 Å². The van der Waals surface area contributed by atoms with Crippen molar-refractivity contribution < 1.29 is 89.3 Å². The Bertz CT molecular complexity index is 1670. The van der Waals surface area contributed by atoms with E-state index in [2.05, 4.69) is 32.2 Å². The maximum atomic E-state index is 12.3. The maximum absolute atomic E-state index is 12.3. The van der Waals surface area contributed by atoms with Gasteiger partial charge in [-0.3, -0.25) is 5.32 Å². The van der Waals surface area contributed by atoms with E-state index in [1.807, 2.05) is 0 Å². The lowest BCUT2D eigenvalue weighted by molar-refractivity contribution is -0.394. The Hall–Kier alpha value is -1.02. The summed E-state index contributed by atoms with van der Waals surface area (Å²) in [6.45, 7) is 7.76. The van der Waals surface area contributed by atoms with Gasteiger partial charge >= 0.3 is 0 Å². The highest BCUT2D eigenvalue weighted by Gasteiger charge is 2.71. The molecule has 0 radical (unpaired) electrons. The molecule has 19 heteroatoms. The molecule has 9 aliphatic rings. The van der Waals surface area contributed by atoms with E-state index in [1.54, 1.807) is 0 Å². The zero-order chi connectivity index (χ0) is 45.8. The first kappa shape index (κ1) is 48.0. The normalized spacial score (nSPS) is 57.4. The Kier molecular flexibility index (Phi) is 13.5. The quantitative estimate of drug-likeness (QED) is 0.109. The first-order valence-electron chi connectivity index (χ1n) is 23.7. The molecular weight excluding hydrogens is 842 g/mol. The lowest BCUT2D eigenvalue weighted by atomic mass is 9.46. The molecular formula is C45H73NO18. The smallest absolute Gasteiger partial charge is 0.187 e. The average Bonchev–Trinajstić information content (AvgIpc) is 3.73. The number of rotatable bonds is 9. The Labute approximate surface area is 373 Å². The monoisotopic (exact) mass is 915 g/mol. The van der Waals surface area contributed by atoms with Gasteiger partial charge in [0.05, 0.1) is 37.6 Å². The second-order valence-corrected chi connectivity index (χ2v) is 21.2. The minimum atomic E-state index is -1.87. The second kappa shape index (κ2) is 18.1. The SMILES string of the molecule is C[C@@H]1O[C@@H](O[C@H]2[C@H](O[C@H]3CC[C@@]4(C)C(=CCC5C6C[C@@H]7O[C@]8(CC[C@@H](CO)CN8)[C@@H](C)[C@@H]7[C@@]6(C)[C@H](O)CC54)C3)O[C@H](CO)[C@@H](O)[C@@H]2O[C@@H]2O[C@H](CO)[C@H](O)[C@H](O)[C@H]2O)[C@H](O)[C@H](O)[C@H]1O. The van der Waals surface area contributed by atoms with Crippen molar-refractivity contribution in [3.8, 4) is 0 Å². The highest BCUT2D eigenvalue weighted by Crippen LogP contribution is 2.70. The topological polar surface area (TPSA) is 299 Å². The number of hydrogen-bond acceptors (Lipinski definition) is 19. The van der Waals surface area contributed by atoms with E-state index in [0.717, 1.165) is 38.6 Å². The van der Waals surface area contributed by atoms with E-state index in [9.17, 15) is 56.2 Å². The molecule has 1 spiro atoms. The van der Waals surface area contributed by atoms with Gasteiger partial charge in [0.1, 0.15) is 72.9 Å². The van der Waals surface area contributed by atoms with Crippen LogP contribution < -0.4 is 5.32 Å². The first-order chi connectivity index (χ1) is 30.4. The van der Waals surface area contributed by atoms with Crippen LogP contribution in [0.1, 0.15) is 79.1 Å². The van der Waals surface area contributed by atoms with Crippen molar-refractivity contribution in [2.75, 3.05) is 26.4 Å². The van der Waals surface area contributed by atoms with Gasteiger partial charge in [-0.15, -0.1) is 0 Å². The molecule has 0 amide bonds. The van der Waals surface area contributed by atoms with E-state index in [4.69, 9.17) is 33.2 Å². The summed E-state index contributed by atoms with van der Waals surface area (Å²) >= 11 is 0. The van der Waals surface area contributed by atoms with Crippen molar-refractivity contribution in [2.45, 2.75) is 195 Å². The standard InChI is InChI=1S/C45H73NO18/c1-18-30-26(64-45(18)10-7-20(15-47)14-46-45)12-25-23-6-5-21-11-22(8-9-43(21,3)24(23)13-29(50)44(25,30)4)59-42-39(63-40-36(56)34(54)31(51)19(2)58-40)38(33(53)28(17-49)61-42)62-41-37(57)35(55)32(52)27(16-48)60-41/h5,18-20,22-42,46-57H,6-17H2,1-4H3/t18-,19-,20+,22-,23?,24?,25?,26-,27+,28+,29+,30-,31-,32-,33+,34+,35-,36+,37+,38-,39+,40-,41-,42+,43-,44+,45+/m0/s1. The van der Waals surface area contributed by atoms with Crippen LogP contribution in [0.4, 0.5) is 0 Å². The fourth-order valence-corrected chi connectivity index (χ4v) is 14.2. The number of allylic oxidation sites excluding steroid dienone is 1. The van der Waals surface area contributed by atoms with Crippen molar-refractivity contribution in [3.05, 3.63) is 11.6 Å². The Morgan fingerprint density at radius 2 is 1.34 bits per heavy atom. The van der Waals surface area contributed by atoms with Crippen LogP contribution in [-0.4, -0.2) is 199 Å². The number of nitrogens with one attached hydrogen (secondary N) is 1. The van der Waals surface area contributed by atoms with Gasteiger partial charge in [0.2, 0.25) is 0 Å². The molecule has 4 aliphatic carbocycles. The van der Waals surface area contributed by atoms with Gasteiger partial charge in [-0.2, -0.15) is 0 Å². The van der Waals surface area contributed by atoms with Crippen LogP contribution in [0.5, 0.6) is 0 Å². The number of ether oxygens (including phenoxy) is 7. The molecule has 64 heavy (non-hydrogen) atoms. The average molecular weight is 916 g/mol. The molecule has 0 aromatic carbocycles. The van der Waals surface area contributed by atoms with Gasteiger partial charge in [-0.05, 0) is 93.3 Å². The lowest BCUT2D eigenvalue weighted by Crippen LogP contribution is -2.67. The third-order valence-electron chi connectivity index (χ3n) is 18.1. The second-order valence-electron chi connectivity index (χ2n) is 21.2. The zero-order valence-corrected chi connectivity index (χ0v) is 37.2. The van der Waals surface area contributed by atoms with Gasteiger partial charge in [-0.25, -0.2) is 0 Å². The summed E-state index contributed by atoms with van der Waals surface area (Å²) in [5, 5.41) is 122. The molecule has 366 valence electrons. The molecule has 19 nitrogen and oxygen atoms in total. The summed E-state index contributed by atoms with van der Waals surface area (Å²) in [6, 6.07) is 0. The first-order valence-corrected chi connectivity index (χ1v) is 23.7. The highest BCUT2D eigenvalue weighted by molar-refractivity contribution is 5.27. The summed E-state index contributed by atoms with van der Waals surface area (Å²) in [7, 11) is 0. The summed E-state index contributed by atoms with van der Waals surface area (Å²) < 4.78 is 43.6. The van der Waals surface area contributed by atoms with Crippen molar-refractivity contribution in [1.82, 2.24) is 5.32 Å². The van der Waals surface area contributed by atoms with Gasteiger partial charge in [0, 0.05) is 24.5 Å². The van der Waals surface area contributed by atoms with Crippen LogP contribution in [0.3, 0.4) is 0 Å². The Balaban J connectivity index is 0.945. The molecule has 5 aliphatic heterocycles. The molecule has 5 saturated heterocycles. The molecule has 0 bridgehead atoms. The molecule has 9 rings (SSSR count). The van der Waals surface area contributed by atoms with Crippen molar-refractivity contribution in [1.29, 1.82) is 0 Å². The molecule has 3 saturated carbocycles. The zero-order valence-electron chi connectivity index (χ0n) is 37.2. The minimum absolute atomic E-state index is 0.0380. The van der Waals surface area contributed by atoms with Crippen LogP contribution in [0.25, 0.3) is 0 Å². The van der Waals surface area contributed by atoms with E-state index < -0.39 is 123 Å². The van der Waals surface area contributed by atoms with Crippen molar-refractivity contribution in [3.63, 3.8) is 0 Å². The Morgan fingerprint density at radius 1 is 0.688 bits per heavy atom. The molecule has 3 unspecified atom stereocenters. The molecule has 27 atom stereocenters. The van der Waals surface area contributed by atoms with Gasteiger partial charge in [0.15, 0.2) is 18.9 Å². The van der Waals surface area contributed by atoms with Gasteiger partial charge in [-0.1, -0.05) is 32.4 Å². The third-order valence-corrected chi connectivity index (χ3v) is 18.1. The van der Waals surface area contributed by atoms with Crippen molar-refractivity contribution >= 4 is 0 Å². The molecule has 5 heterocycles. The van der Waals surface area contributed by atoms with Crippen molar-refractivity contribution in [2.24, 2.45) is 46.3 Å². The number of piperidine rings is 1. The Morgan fingerprint density at radius 3 is 2.02 bits per heavy atom. The predicted octanol–water partition coefficient (Wildman–Crippen LogP) is -2.27. The largest absolute Gasteiger partial charge is 0.396 e. The van der Waals surface area contributed by atoms with Crippen LogP contribution >= 0.6 is 0 Å². The fraction of sp³-hybridized carbons (Fsp3) is 0.956. The van der Waals surface area contributed by atoms with E-state index in [-0.39, 0.29) is 53.1 Å². The maximum Gasteiger partial charge on any atom is 0.187 e. The number of aliphatic hydroxyl groups excluding tert-OH is 11. The van der Waals surface area contributed by atoms with E-state index in [1.165, 1.54) is 12.5 Å². The van der Waals surface area contributed by atoms with E-state index in [0.29, 0.717) is 25.2 Å². The van der Waals surface area contributed by atoms with Crippen LogP contribution in [0, 0.1) is 46.3 Å². The summed E-state index contributed by atoms with van der Waals surface area (Å²) in [6.07, 6.45) is -16.3. The van der Waals surface area contributed by atoms with Gasteiger partial charge in [0.25, 0.3) is 0 Å². The number of aliphatic hydroxyl groups is 11. The summed E-state index contributed by atoms with van der Waals surface area (Å²) in [4.78, 5) is 0. The molecule has 12 N–H and O–H groups in total. The minimum Gasteiger partial charge on any atom is -0.396 e. The fourth-order valence-electron chi connectivity index (χ4n) is 14.2. The highest BCUT2D eigenvalue weighted by atomic mass is 16.8. The lowest BCUT2D eigenvalue weighted by Gasteiger charge is -2.60. The summed E-state index contributed by atoms with van der Waals surface area (Å²) in [5.41, 5.74) is 0.207. The molecule has 8 fully saturated rings. The predicted molar refractivity (Wildman–Crippen MR) is 219 cm³/mol. The van der Waals surface area contributed by atoms with Crippen LogP contribution in [0.2, 0.25) is 0 Å².